The molecular weight excluding hydrogens is 329 g/mol. The number of alkyl halides is 3. The quantitative estimate of drug-likeness (QED) is 0.538. The van der Waals surface area contributed by atoms with Crippen molar-refractivity contribution >= 4 is 27.5 Å². The second-order valence-electron chi connectivity index (χ2n) is 3.61. The molecule has 102 valence electrons. The van der Waals surface area contributed by atoms with Crippen LogP contribution >= 0.6 is 27.5 Å². The molecule has 18 heavy (non-hydrogen) atoms. The third-order valence-electron chi connectivity index (χ3n) is 2.30. The number of halogens is 4. The van der Waals surface area contributed by atoms with Gasteiger partial charge in [-0.25, -0.2) is 8.78 Å². The van der Waals surface area contributed by atoms with E-state index < -0.39 is 13.0 Å². The fourth-order valence-electron chi connectivity index (χ4n) is 1.40. The van der Waals surface area contributed by atoms with Gasteiger partial charge in [-0.3, -0.25) is 0 Å². The molecule has 1 unspecified atom stereocenters. The van der Waals surface area contributed by atoms with Gasteiger partial charge in [0.25, 0.3) is 6.43 Å². The van der Waals surface area contributed by atoms with E-state index in [0.717, 1.165) is 5.56 Å². The molecule has 1 aromatic rings. The van der Waals surface area contributed by atoms with Gasteiger partial charge in [0.2, 0.25) is 0 Å². The van der Waals surface area contributed by atoms with Crippen molar-refractivity contribution in [2.75, 3.05) is 20.3 Å². The summed E-state index contributed by atoms with van der Waals surface area (Å²) in [7, 11) is 1.56. The van der Waals surface area contributed by atoms with Crippen LogP contribution in [0.25, 0.3) is 0 Å². The molecule has 0 N–H and O–H groups in total. The van der Waals surface area contributed by atoms with Crippen LogP contribution in [0, 0.1) is 0 Å². The van der Waals surface area contributed by atoms with Crippen molar-refractivity contribution in [2.24, 2.45) is 0 Å². The first kappa shape index (κ1) is 15.7. The topological polar surface area (TPSA) is 18.5 Å². The predicted molar refractivity (Wildman–Crippen MR) is 71.1 cm³/mol. The zero-order chi connectivity index (χ0) is 13.5. The molecule has 1 aromatic carbocycles. The summed E-state index contributed by atoms with van der Waals surface area (Å²) in [5.74, 6) is 0.678. The van der Waals surface area contributed by atoms with Gasteiger partial charge in [0, 0.05) is 16.5 Å². The molecule has 1 rings (SSSR count). The largest absolute Gasteiger partial charge is 0.497 e. The Bertz CT molecular complexity index is 377. The highest BCUT2D eigenvalue weighted by atomic mass is 79.9. The number of hydrogen-bond donors (Lipinski definition) is 0. The van der Waals surface area contributed by atoms with Crippen LogP contribution in [0.4, 0.5) is 8.78 Å². The van der Waals surface area contributed by atoms with Crippen molar-refractivity contribution < 1.29 is 18.3 Å². The third-order valence-corrected chi connectivity index (χ3v) is 3.58. The normalized spacial score (nSPS) is 12.8. The molecule has 0 amide bonds. The molecule has 0 heterocycles. The molecule has 0 bridgehead atoms. The molecule has 2 nitrogen and oxygen atoms in total. The minimum Gasteiger partial charge on any atom is -0.497 e. The van der Waals surface area contributed by atoms with Crippen molar-refractivity contribution in [1.82, 2.24) is 0 Å². The number of ether oxygens (including phenoxy) is 2. The molecule has 6 heteroatoms. The predicted octanol–water partition coefficient (Wildman–Crippen LogP) is 4.46. The van der Waals surface area contributed by atoms with Gasteiger partial charge in [0.15, 0.2) is 0 Å². The molecular formula is C12H14BrClF2O2. The van der Waals surface area contributed by atoms with Gasteiger partial charge < -0.3 is 9.47 Å². The number of hydrogen-bond acceptors (Lipinski definition) is 2. The molecule has 0 aromatic heterocycles. The van der Waals surface area contributed by atoms with E-state index in [1.165, 1.54) is 0 Å². The maximum Gasteiger partial charge on any atom is 0.261 e. The van der Waals surface area contributed by atoms with Crippen LogP contribution < -0.4 is 4.74 Å². The van der Waals surface area contributed by atoms with E-state index in [4.69, 9.17) is 21.1 Å². The molecule has 0 aliphatic carbocycles. The standard InChI is InChI=1S/C12H14BrClF2O2/c1-17-8-2-3-9(11(14)6-8)10(13)4-5-18-7-12(15)16/h2-3,6,10,12H,4-5,7H2,1H3. The minimum absolute atomic E-state index is 0.0337. The Morgan fingerprint density at radius 2 is 2.11 bits per heavy atom. The Morgan fingerprint density at radius 3 is 2.67 bits per heavy atom. The van der Waals surface area contributed by atoms with Crippen LogP contribution in [0.15, 0.2) is 18.2 Å². The zero-order valence-corrected chi connectivity index (χ0v) is 12.2. The lowest BCUT2D eigenvalue weighted by Crippen LogP contribution is -2.07. The second-order valence-corrected chi connectivity index (χ2v) is 5.12. The number of rotatable bonds is 7. The van der Waals surface area contributed by atoms with Crippen molar-refractivity contribution in [3.8, 4) is 5.75 Å². The maximum absolute atomic E-state index is 11.9. The average Bonchev–Trinajstić information content (AvgIpc) is 2.33. The van der Waals surface area contributed by atoms with Gasteiger partial charge in [-0.15, -0.1) is 0 Å². The molecule has 0 saturated heterocycles. The van der Waals surface area contributed by atoms with E-state index in [9.17, 15) is 8.78 Å². The maximum atomic E-state index is 11.9. The average molecular weight is 344 g/mol. The summed E-state index contributed by atoms with van der Waals surface area (Å²) in [5, 5.41) is 0.574. The lowest BCUT2D eigenvalue weighted by Gasteiger charge is -2.13. The Labute approximate surface area is 118 Å². The SMILES string of the molecule is COc1ccc(C(Br)CCOCC(F)F)c(Cl)c1. The first-order chi connectivity index (χ1) is 8.54. The summed E-state index contributed by atoms with van der Waals surface area (Å²) in [5.41, 5.74) is 0.887. The minimum atomic E-state index is -2.43. The molecule has 1 atom stereocenters. The molecule has 0 spiro atoms. The van der Waals surface area contributed by atoms with Crippen LogP contribution in [-0.4, -0.2) is 26.7 Å². The van der Waals surface area contributed by atoms with Gasteiger partial charge in [-0.1, -0.05) is 33.6 Å². The van der Waals surface area contributed by atoms with E-state index in [1.54, 1.807) is 19.2 Å². The smallest absolute Gasteiger partial charge is 0.261 e. The summed E-state index contributed by atoms with van der Waals surface area (Å²) >= 11 is 9.55. The molecule has 0 aliphatic heterocycles. The van der Waals surface area contributed by atoms with Gasteiger partial charge in [0.05, 0.1) is 7.11 Å². The Morgan fingerprint density at radius 1 is 1.39 bits per heavy atom. The highest BCUT2D eigenvalue weighted by Gasteiger charge is 2.12. The van der Waals surface area contributed by atoms with E-state index >= 15 is 0 Å². The van der Waals surface area contributed by atoms with Gasteiger partial charge in [-0.2, -0.15) is 0 Å². The molecule has 0 aliphatic rings. The third kappa shape index (κ3) is 5.08. The lowest BCUT2D eigenvalue weighted by molar-refractivity contribution is 0.0167. The summed E-state index contributed by atoms with van der Waals surface area (Å²) in [4.78, 5) is -0.0337. The molecule has 0 fully saturated rings. The second kappa shape index (κ2) is 7.92. The van der Waals surface area contributed by atoms with Crippen LogP contribution in [0.2, 0.25) is 5.02 Å². The highest BCUT2D eigenvalue weighted by Crippen LogP contribution is 2.34. The van der Waals surface area contributed by atoms with E-state index in [2.05, 4.69) is 15.9 Å². The van der Waals surface area contributed by atoms with Crippen molar-refractivity contribution in [3.05, 3.63) is 28.8 Å². The van der Waals surface area contributed by atoms with Crippen LogP contribution in [0.5, 0.6) is 5.75 Å². The van der Waals surface area contributed by atoms with Crippen LogP contribution in [0.1, 0.15) is 16.8 Å². The summed E-state index contributed by atoms with van der Waals surface area (Å²) in [6.45, 7) is -0.279. The van der Waals surface area contributed by atoms with Crippen LogP contribution in [0.3, 0.4) is 0 Å². The van der Waals surface area contributed by atoms with Crippen molar-refractivity contribution in [3.63, 3.8) is 0 Å². The first-order valence-corrected chi connectivity index (χ1v) is 6.67. The highest BCUT2D eigenvalue weighted by molar-refractivity contribution is 9.09. The Kier molecular flexibility index (Phi) is 6.89. The van der Waals surface area contributed by atoms with E-state index in [1.807, 2.05) is 6.07 Å². The molecule has 0 saturated carbocycles. The van der Waals surface area contributed by atoms with E-state index in [-0.39, 0.29) is 11.4 Å². The fraction of sp³-hybridized carbons (Fsp3) is 0.500. The Hall–Kier alpha value is -0.390. The van der Waals surface area contributed by atoms with E-state index in [0.29, 0.717) is 17.2 Å². The van der Waals surface area contributed by atoms with Gasteiger partial charge in [-0.05, 0) is 24.1 Å². The monoisotopic (exact) mass is 342 g/mol. The van der Waals surface area contributed by atoms with Crippen LogP contribution in [-0.2, 0) is 4.74 Å². The number of methoxy groups -OCH3 is 1. The van der Waals surface area contributed by atoms with Crippen molar-refractivity contribution in [2.45, 2.75) is 17.7 Å². The fourth-order valence-corrected chi connectivity index (χ4v) is 2.42. The summed E-state index contributed by atoms with van der Waals surface area (Å²) in [6.07, 6.45) is -1.86. The lowest BCUT2D eigenvalue weighted by atomic mass is 10.1. The Balaban J connectivity index is 2.48. The first-order valence-electron chi connectivity index (χ1n) is 5.38. The summed E-state index contributed by atoms with van der Waals surface area (Å²) in [6, 6.07) is 5.36. The van der Waals surface area contributed by atoms with Crippen molar-refractivity contribution in [1.29, 1.82) is 0 Å². The summed E-state index contributed by atoms with van der Waals surface area (Å²) < 4.78 is 33.6. The van der Waals surface area contributed by atoms with Gasteiger partial charge >= 0.3 is 0 Å². The number of benzene rings is 1. The van der Waals surface area contributed by atoms with Gasteiger partial charge in [0.1, 0.15) is 12.4 Å². The molecule has 0 radical (unpaired) electrons. The zero-order valence-electron chi connectivity index (χ0n) is 9.84.